The normalized spacial score (nSPS) is 35.8. The molecule has 3 unspecified atom stereocenters. The highest BCUT2D eigenvalue weighted by Crippen LogP contribution is 2.42. The van der Waals surface area contributed by atoms with Gasteiger partial charge in [-0.2, -0.15) is 0 Å². The molecule has 3 nitrogen and oxygen atoms in total. The smallest absolute Gasteiger partial charge is 0.150 e. The predicted molar refractivity (Wildman–Crippen MR) is 77.7 cm³/mol. The lowest BCUT2D eigenvalue weighted by Crippen LogP contribution is -2.32. The summed E-state index contributed by atoms with van der Waals surface area (Å²) < 4.78 is 23.5. The highest BCUT2D eigenvalue weighted by Gasteiger charge is 2.35. The van der Waals surface area contributed by atoms with Crippen LogP contribution in [0.15, 0.2) is 11.6 Å². The Morgan fingerprint density at radius 2 is 2.00 bits per heavy atom. The summed E-state index contributed by atoms with van der Waals surface area (Å²) in [4.78, 5) is 0. The minimum atomic E-state index is -2.93. The van der Waals surface area contributed by atoms with Crippen LogP contribution in [0.4, 0.5) is 0 Å². The quantitative estimate of drug-likeness (QED) is 0.794. The molecule has 1 saturated carbocycles. The van der Waals surface area contributed by atoms with Crippen LogP contribution in [0.3, 0.4) is 0 Å². The van der Waals surface area contributed by atoms with Crippen LogP contribution < -0.4 is 0 Å². The second-order valence-electron chi connectivity index (χ2n) is 7.17. The Bertz CT molecular complexity index is 462. The third-order valence-corrected chi connectivity index (χ3v) is 6.25. The van der Waals surface area contributed by atoms with Gasteiger partial charge in [0.15, 0.2) is 0 Å². The average molecular weight is 286 g/mol. The number of sulfone groups is 1. The molecule has 19 heavy (non-hydrogen) atoms. The summed E-state index contributed by atoms with van der Waals surface area (Å²) in [6.45, 7) is 4.36. The van der Waals surface area contributed by atoms with Crippen LogP contribution in [-0.4, -0.2) is 31.1 Å². The van der Waals surface area contributed by atoms with Gasteiger partial charge in [-0.25, -0.2) is 8.42 Å². The summed E-state index contributed by atoms with van der Waals surface area (Å²) in [5, 5.41) is 9.79. The van der Waals surface area contributed by atoms with Gasteiger partial charge in [-0.15, -0.1) is 0 Å². The lowest BCUT2D eigenvalue weighted by Gasteiger charge is -2.38. The molecule has 1 fully saturated rings. The molecule has 0 aromatic carbocycles. The highest BCUT2D eigenvalue weighted by molar-refractivity contribution is 7.91. The molecule has 2 aliphatic rings. The van der Waals surface area contributed by atoms with Gasteiger partial charge in [0.25, 0.3) is 0 Å². The summed E-state index contributed by atoms with van der Waals surface area (Å²) in [6, 6.07) is 0. The molecule has 0 aliphatic heterocycles. The van der Waals surface area contributed by atoms with Crippen LogP contribution in [0.25, 0.3) is 0 Å². The molecule has 110 valence electrons. The lowest BCUT2D eigenvalue weighted by molar-refractivity contribution is 0.132. The second kappa shape index (κ2) is 5.21. The van der Waals surface area contributed by atoms with E-state index in [9.17, 15) is 13.5 Å². The Morgan fingerprint density at radius 3 is 2.58 bits per heavy atom. The molecule has 1 N–H and O–H groups in total. The molecule has 4 heteroatoms. The molecule has 0 amide bonds. The van der Waals surface area contributed by atoms with E-state index in [1.165, 1.54) is 11.8 Å². The number of aliphatic hydroxyl groups is 1. The number of hydrogen-bond donors (Lipinski definition) is 1. The third-order valence-electron chi connectivity index (χ3n) is 4.61. The lowest BCUT2D eigenvalue weighted by atomic mass is 9.70. The Hall–Kier alpha value is -0.350. The van der Waals surface area contributed by atoms with Crippen molar-refractivity contribution in [1.82, 2.24) is 0 Å². The van der Waals surface area contributed by atoms with Crippen molar-refractivity contribution in [2.75, 3.05) is 6.26 Å². The molecule has 0 heterocycles. The van der Waals surface area contributed by atoms with Crippen molar-refractivity contribution in [3.8, 4) is 0 Å². The van der Waals surface area contributed by atoms with E-state index in [0.717, 1.165) is 38.5 Å². The molecule has 3 atom stereocenters. The highest BCUT2D eigenvalue weighted by atomic mass is 32.2. The second-order valence-corrected chi connectivity index (χ2v) is 9.49. The van der Waals surface area contributed by atoms with Crippen LogP contribution in [0.2, 0.25) is 0 Å². The topological polar surface area (TPSA) is 54.4 Å². The molecular weight excluding hydrogens is 260 g/mol. The van der Waals surface area contributed by atoms with Gasteiger partial charge >= 0.3 is 0 Å². The summed E-state index contributed by atoms with van der Waals surface area (Å²) in [6.07, 6.45) is 8.37. The summed E-state index contributed by atoms with van der Waals surface area (Å²) in [5.41, 5.74) is 1.42. The monoisotopic (exact) mass is 286 g/mol. The third kappa shape index (κ3) is 3.82. The van der Waals surface area contributed by atoms with Crippen LogP contribution in [-0.2, 0) is 9.84 Å². The zero-order valence-electron chi connectivity index (χ0n) is 12.2. The molecule has 0 aromatic heterocycles. The van der Waals surface area contributed by atoms with E-state index in [2.05, 4.69) is 13.8 Å². The maximum Gasteiger partial charge on any atom is 0.150 e. The molecule has 2 rings (SSSR count). The number of allylic oxidation sites excluding steroid dienone is 1. The van der Waals surface area contributed by atoms with Crippen molar-refractivity contribution in [3.05, 3.63) is 11.6 Å². The Kier molecular flexibility index (Phi) is 4.12. The minimum absolute atomic E-state index is 0.127. The van der Waals surface area contributed by atoms with E-state index in [1.807, 2.05) is 6.08 Å². The van der Waals surface area contributed by atoms with Gasteiger partial charge in [0.05, 0.1) is 11.4 Å². The van der Waals surface area contributed by atoms with Crippen molar-refractivity contribution in [1.29, 1.82) is 0 Å². The maximum absolute atomic E-state index is 11.7. The van der Waals surface area contributed by atoms with E-state index >= 15 is 0 Å². The maximum atomic E-state index is 11.7. The first-order valence-electron chi connectivity index (χ1n) is 7.25. The molecule has 2 aliphatic carbocycles. The molecule has 0 spiro atoms. The Labute approximate surface area is 117 Å². The van der Waals surface area contributed by atoms with Crippen molar-refractivity contribution >= 4 is 9.84 Å². The van der Waals surface area contributed by atoms with E-state index < -0.39 is 9.84 Å². The Balaban J connectivity index is 2.14. The summed E-state index contributed by atoms with van der Waals surface area (Å²) in [7, 11) is -2.93. The van der Waals surface area contributed by atoms with Crippen molar-refractivity contribution < 1.29 is 13.5 Å². The average Bonchev–Trinajstić information content (AvgIpc) is 2.25. The van der Waals surface area contributed by atoms with E-state index in [-0.39, 0.29) is 16.8 Å². The summed E-state index contributed by atoms with van der Waals surface area (Å²) in [5.74, 6) is 0.350. The van der Waals surface area contributed by atoms with Gasteiger partial charge in [0.1, 0.15) is 9.84 Å². The predicted octanol–water partition coefficient (Wildman–Crippen LogP) is 2.70. The SMILES string of the molecule is CC1(C)CC(C2CCCC(S(C)(=O)=O)C2)=CC(O)C1. The van der Waals surface area contributed by atoms with Crippen LogP contribution in [0.5, 0.6) is 0 Å². The van der Waals surface area contributed by atoms with E-state index in [1.54, 1.807) is 0 Å². The number of aliphatic hydroxyl groups excluding tert-OH is 1. The number of rotatable bonds is 2. The van der Waals surface area contributed by atoms with Gasteiger partial charge in [0, 0.05) is 6.26 Å². The van der Waals surface area contributed by atoms with E-state index in [4.69, 9.17) is 0 Å². The van der Waals surface area contributed by atoms with Crippen LogP contribution in [0.1, 0.15) is 52.4 Å². The first-order chi connectivity index (χ1) is 8.67. The minimum Gasteiger partial charge on any atom is -0.389 e. The van der Waals surface area contributed by atoms with Gasteiger partial charge in [-0.05, 0) is 43.4 Å². The fourth-order valence-electron chi connectivity index (χ4n) is 3.71. The Morgan fingerprint density at radius 1 is 1.32 bits per heavy atom. The zero-order chi connectivity index (χ0) is 14.3. The summed E-state index contributed by atoms with van der Waals surface area (Å²) >= 11 is 0. The van der Waals surface area contributed by atoms with Crippen LogP contribution >= 0.6 is 0 Å². The fourth-order valence-corrected chi connectivity index (χ4v) is 4.88. The standard InChI is InChI=1S/C15H26O3S/c1-15(2)9-12(7-13(16)10-15)11-5-4-6-14(8-11)19(3,17)18/h7,11,13-14,16H,4-6,8-10H2,1-3H3. The molecule has 0 saturated heterocycles. The molecule has 0 radical (unpaired) electrons. The van der Waals surface area contributed by atoms with Crippen molar-refractivity contribution in [2.45, 2.75) is 63.7 Å². The van der Waals surface area contributed by atoms with Gasteiger partial charge < -0.3 is 5.11 Å². The van der Waals surface area contributed by atoms with Crippen molar-refractivity contribution in [2.24, 2.45) is 11.3 Å². The molecular formula is C15H26O3S. The molecule has 0 bridgehead atoms. The molecule has 0 aromatic rings. The van der Waals surface area contributed by atoms with Gasteiger partial charge in [-0.1, -0.05) is 31.9 Å². The van der Waals surface area contributed by atoms with Crippen molar-refractivity contribution in [3.63, 3.8) is 0 Å². The first-order valence-corrected chi connectivity index (χ1v) is 9.20. The zero-order valence-corrected chi connectivity index (χ0v) is 13.0. The number of hydrogen-bond acceptors (Lipinski definition) is 3. The van der Waals surface area contributed by atoms with Gasteiger partial charge in [0.2, 0.25) is 0 Å². The van der Waals surface area contributed by atoms with E-state index in [0.29, 0.717) is 5.92 Å². The van der Waals surface area contributed by atoms with Gasteiger partial charge in [-0.3, -0.25) is 0 Å². The largest absolute Gasteiger partial charge is 0.389 e. The van der Waals surface area contributed by atoms with Crippen LogP contribution in [0, 0.1) is 11.3 Å². The fraction of sp³-hybridized carbons (Fsp3) is 0.867. The first kappa shape index (κ1) is 15.0.